The van der Waals surface area contributed by atoms with E-state index >= 15 is 0 Å². The molecule has 2 aromatic heterocycles. The maximum atomic E-state index is 12.6. The predicted octanol–water partition coefficient (Wildman–Crippen LogP) is 0.937. The van der Waals surface area contributed by atoms with Crippen molar-refractivity contribution in [2.75, 3.05) is 43.5 Å². The molecule has 1 saturated heterocycles. The van der Waals surface area contributed by atoms with Crippen LogP contribution in [-0.4, -0.2) is 69.9 Å². The van der Waals surface area contributed by atoms with Gasteiger partial charge in [0.2, 0.25) is 11.8 Å². The number of nitrogens with one attached hydrogen (secondary N) is 1. The Morgan fingerprint density at radius 2 is 2.11 bits per heavy atom. The van der Waals surface area contributed by atoms with Crippen LogP contribution < -0.4 is 25.4 Å². The van der Waals surface area contributed by atoms with Gasteiger partial charge < -0.3 is 30.5 Å². The number of aliphatic hydroxyl groups is 1. The Hall–Kier alpha value is -3.72. The predicted molar refractivity (Wildman–Crippen MR) is 126 cm³/mol. The fraction of sp³-hybridized carbons (Fsp3) is 0.565. The van der Waals surface area contributed by atoms with Gasteiger partial charge >= 0.3 is 6.01 Å². The lowest BCUT2D eigenvalue weighted by Crippen LogP contribution is -2.39. The van der Waals surface area contributed by atoms with Crippen LogP contribution in [0.15, 0.2) is 18.3 Å². The fourth-order valence-electron chi connectivity index (χ4n) is 3.66. The second-order valence-corrected chi connectivity index (χ2v) is 9.11. The average Bonchev–Trinajstić information content (AvgIpc) is 3.67. The summed E-state index contributed by atoms with van der Waals surface area (Å²) in [6.45, 7) is 3.48. The van der Waals surface area contributed by atoms with Crippen molar-refractivity contribution in [1.29, 1.82) is 5.26 Å². The van der Waals surface area contributed by atoms with Crippen LogP contribution in [0.25, 0.3) is 0 Å². The summed E-state index contributed by atoms with van der Waals surface area (Å²) in [6.07, 6.45) is 4.83. The molecule has 1 atom stereocenters. The minimum absolute atomic E-state index is 0.0100. The van der Waals surface area contributed by atoms with E-state index in [0.717, 1.165) is 25.7 Å². The van der Waals surface area contributed by atoms with E-state index in [4.69, 9.17) is 15.2 Å². The number of nitrogen functional groups attached to an aromatic ring is 1. The molecule has 12 nitrogen and oxygen atoms in total. The van der Waals surface area contributed by atoms with E-state index in [2.05, 4.69) is 31.3 Å². The lowest BCUT2D eigenvalue weighted by Gasteiger charge is -2.32. The first-order chi connectivity index (χ1) is 16.9. The molecule has 1 amide bonds. The number of carbonyl (C=O) groups excluding carboxylic acids is 1. The SMILES string of the molecule is CC(CO)NC(=O)c1nc(OCC2(C#N)CC2)nc(N2CCC(COc3cccnc3N)CC2)n1. The van der Waals surface area contributed by atoms with Crippen molar-refractivity contribution in [3.8, 4) is 17.8 Å². The van der Waals surface area contributed by atoms with Gasteiger partial charge in [-0.05, 0) is 50.7 Å². The molecular formula is C23H30N8O4. The zero-order valence-corrected chi connectivity index (χ0v) is 19.7. The minimum Gasteiger partial charge on any atom is -0.489 e. The van der Waals surface area contributed by atoms with Crippen LogP contribution in [0.1, 0.15) is 43.2 Å². The number of hydrogen-bond donors (Lipinski definition) is 3. The van der Waals surface area contributed by atoms with Gasteiger partial charge in [0.1, 0.15) is 6.61 Å². The molecular weight excluding hydrogens is 452 g/mol. The molecule has 186 valence electrons. The third kappa shape index (κ3) is 6.24. The molecule has 35 heavy (non-hydrogen) atoms. The maximum absolute atomic E-state index is 12.6. The Bertz CT molecular complexity index is 1080. The van der Waals surface area contributed by atoms with Crippen LogP contribution in [0, 0.1) is 22.7 Å². The molecule has 0 radical (unpaired) electrons. The number of rotatable bonds is 10. The highest BCUT2D eigenvalue weighted by atomic mass is 16.5. The largest absolute Gasteiger partial charge is 0.489 e. The molecule has 2 aromatic rings. The highest BCUT2D eigenvalue weighted by molar-refractivity contribution is 5.91. The highest BCUT2D eigenvalue weighted by Gasteiger charge is 2.44. The van der Waals surface area contributed by atoms with E-state index in [-0.39, 0.29) is 25.0 Å². The van der Waals surface area contributed by atoms with Crippen molar-refractivity contribution < 1.29 is 19.4 Å². The maximum Gasteiger partial charge on any atom is 0.322 e. The van der Waals surface area contributed by atoms with E-state index in [1.807, 2.05) is 4.90 Å². The van der Waals surface area contributed by atoms with Crippen molar-refractivity contribution in [2.24, 2.45) is 11.3 Å². The number of nitrogens with two attached hydrogens (primary N) is 1. The van der Waals surface area contributed by atoms with Gasteiger partial charge in [0.15, 0.2) is 11.6 Å². The molecule has 2 fully saturated rings. The number of piperidine rings is 1. The van der Waals surface area contributed by atoms with Gasteiger partial charge in [0, 0.05) is 25.3 Å². The third-order valence-corrected chi connectivity index (χ3v) is 6.20. The highest BCUT2D eigenvalue weighted by Crippen LogP contribution is 2.44. The zero-order chi connectivity index (χ0) is 24.8. The molecule has 0 bridgehead atoms. The number of amides is 1. The first-order valence-corrected chi connectivity index (χ1v) is 11.7. The van der Waals surface area contributed by atoms with Gasteiger partial charge in [-0.3, -0.25) is 4.79 Å². The molecule has 1 saturated carbocycles. The molecule has 1 unspecified atom stereocenters. The molecule has 1 aliphatic carbocycles. The summed E-state index contributed by atoms with van der Waals surface area (Å²) in [5, 5.41) is 21.2. The van der Waals surface area contributed by atoms with Crippen LogP contribution in [0.2, 0.25) is 0 Å². The van der Waals surface area contributed by atoms with Crippen molar-refractivity contribution in [2.45, 2.75) is 38.6 Å². The zero-order valence-electron chi connectivity index (χ0n) is 19.7. The molecule has 0 aromatic carbocycles. The number of ether oxygens (including phenoxy) is 2. The lowest BCUT2D eigenvalue weighted by atomic mass is 9.98. The van der Waals surface area contributed by atoms with Gasteiger partial charge in [0.05, 0.1) is 24.7 Å². The average molecular weight is 483 g/mol. The number of anilines is 2. The number of pyridine rings is 1. The van der Waals surface area contributed by atoms with Crippen molar-refractivity contribution in [3.05, 3.63) is 24.2 Å². The van der Waals surface area contributed by atoms with E-state index in [1.165, 1.54) is 0 Å². The minimum atomic E-state index is -0.529. The van der Waals surface area contributed by atoms with E-state index in [9.17, 15) is 15.2 Å². The number of carbonyl (C=O) groups is 1. The van der Waals surface area contributed by atoms with Crippen LogP contribution in [0.5, 0.6) is 11.8 Å². The van der Waals surface area contributed by atoms with E-state index in [1.54, 1.807) is 25.3 Å². The second kappa shape index (κ2) is 10.7. The summed E-state index contributed by atoms with van der Waals surface area (Å²) < 4.78 is 11.6. The van der Waals surface area contributed by atoms with Crippen molar-refractivity contribution in [1.82, 2.24) is 25.3 Å². The Morgan fingerprint density at radius 1 is 1.34 bits per heavy atom. The molecule has 1 aliphatic heterocycles. The Labute approximate surface area is 203 Å². The van der Waals surface area contributed by atoms with E-state index in [0.29, 0.717) is 43.1 Å². The normalized spacial score (nSPS) is 17.8. The molecule has 2 aliphatic rings. The van der Waals surface area contributed by atoms with E-state index < -0.39 is 17.4 Å². The summed E-state index contributed by atoms with van der Waals surface area (Å²) in [5.41, 5.74) is 5.34. The van der Waals surface area contributed by atoms with Crippen molar-refractivity contribution in [3.63, 3.8) is 0 Å². The lowest BCUT2D eigenvalue weighted by molar-refractivity contribution is 0.0909. The molecule has 4 N–H and O–H groups in total. The Balaban J connectivity index is 1.42. The first kappa shape index (κ1) is 24.4. The summed E-state index contributed by atoms with van der Waals surface area (Å²) in [5.74, 6) is 0.987. The number of aliphatic hydroxyl groups excluding tert-OH is 1. The van der Waals surface area contributed by atoms with Crippen LogP contribution in [-0.2, 0) is 0 Å². The number of aromatic nitrogens is 4. The topological polar surface area (TPSA) is 172 Å². The van der Waals surface area contributed by atoms with Gasteiger partial charge in [-0.1, -0.05) is 0 Å². The molecule has 12 heteroatoms. The summed E-state index contributed by atoms with van der Waals surface area (Å²) in [7, 11) is 0. The third-order valence-electron chi connectivity index (χ3n) is 6.20. The van der Waals surface area contributed by atoms with Crippen LogP contribution in [0.4, 0.5) is 11.8 Å². The van der Waals surface area contributed by atoms with Gasteiger partial charge in [-0.2, -0.15) is 20.2 Å². The van der Waals surface area contributed by atoms with Crippen LogP contribution >= 0.6 is 0 Å². The van der Waals surface area contributed by atoms with Gasteiger partial charge in [-0.25, -0.2) is 4.98 Å². The second-order valence-electron chi connectivity index (χ2n) is 9.11. The Morgan fingerprint density at radius 3 is 2.77 bits per heavy atom. The Kier molecular flexibility index (Phi) is 7.45. The van der Waals surface area contributed by atoms with Crippen LogP contribution in [0.3, 0.4) is 0 Å². The number of hydrogen-bond acceptors (Lipinski definition) is 11. The van der Waals surface area contributed by atoms with Gasteiger partial charge in [-0.15, -0.1) is 0 Å². The molecule has 0 spiro atoms. The standard InChI is InChI=1S/C23H30N8O4/c1-15(11-32)27-20(33)19-28-21(30-22(29-19)35-14-23(13-24)6-7-23)31-9-4-16(5-10-31)12-34-17-3-2-8-26-18(17)25/h2-3,8,15-16,32H,4-7,9-12,14H2,1H3,(H2,25,26)(H,27,33). The monoisotopic (exact) mass is 482 g/mol. The molecule has 3 heterocycles. The van der Waals surface area contributed by atoms with Gasteiger partial charge in [0.25, 0.3) is 5.91 Å². The molecule has 4 rings (SSSR count). The fourth-order valence-corrected chi connectivity index (χ4v) is 3.66. The van der Waals surface area contributed by atoms with Crippen molar-refractivity contribution >= 4 is 17.7 Å². The summed E-state index contributed by atoms with van der Waals surface area (Å²) in [4.78, 5) is 31.6. The quantitative estimate of drug-likeness (QED) is 0.440. The number of nitrogens with zero attached hydrogens (tertiary/aromatic N) is 6. The smallest absolute Gasteiger partial charge is 0.322 e. The number of nitriles is 1. The summed E-state index contributed by atoms with van der Waals surface area (Å²) >= 11 is 0. The first-order valence-electron chi connectivity index (χ1n) is 11.7. The summed E-state index contributed by atoms with van der Waals surface area (Å²) in [6, 6.07) is 5.40.